The molecule has 0 unspecified atom stereocenters. The molecule has 1 saturated heterocycles. The number of nitrogens with zero attached hydrogens (tertiary/aromatic N) is 1. The summed E-state index contributed by atoms with van der Waals surface area (Å²) in [6, 6.07) is 7.21. The average Bonchev–Trinajstić information content (AvgIpc) is 3.33. The van der Waals surface area contributed by atoms with Gasteiger partial charge in [0.25, 0.3) is 5.91 Å². The first kappa shape index (κ1) is 17.1. The minimum absolute atomic E-state index is 0.186. The van der Waals surface area contributed by atoms with Crippen LogP contribution in [0.15, 0.2) is 45.9 Å². The zero-order chi connectivity index (χ0) is 18.1. The molecule has 2 atom stereocenters. The van der Waals surface area contributed by atoms with Crippen LogP contribution in [0, 0.1) is 5.82 Å². The van der Waals surface area contributed by atoms with Gasteiger partial charge in [-0.15, -0.1) is 11.8 Å². The monoisotopic (exact) mass is 374 g/mol. The van der Waals surface area contributed by atoms with E-state index in [1.165, 1.54) is 18.4 Å². The molecule has 1 aromatic carbocycles. The highest BCUT2D eigenvalue weighted by atomic mass is 32.2. The second-order valence-corrected chi connectivity index (χ2v) is 7.65. The van der Waals surface area contributed by atoms with Gasteiger partial charge in [-0.05, 0) is 55.2 Å². The predicted molar refractivity (Wildman–Crippen MR) is 95.4 cm³/mol. The van der Waals surface area contributed by atoms with Crippen LogP contribution in [0.2, 0.25) is 0 Å². The van der Waals surface area contributed by atoms with Crippen molar-refractivity contribution in [2.24, 2.45) is 0 Å². The summed E-state index contributed by atoms with van der Waals surface area (Å²) in [6.45, 7) is 0.531. The van der Waals surface area contributed by atoms with Crippen molar-refractivity contribution in [2.45, 2.75) is 36.2 Å². The zero-order valence-electron chi connectivity index (χ0n) is 14.1. The van der Waals surface area contributed by atoms with E-state index in [-0.39, 0.29) is 29.4 Å². The van der Waals surface area contributed by atoms with Crippen molar-refractivity contribution in [3.63, 3.8) is 0 Å². The van der Waals surface area contributed by atoms with Crippen LogP contribution in [-0.4, -0.2) is 35.1 Å². The second-order valence-electron chi connectivity index (χ2n) is 6.51. The van der Waals surface area contributed by atoms with Crippen LogP contribution in [0.25, 0.3) is 0 Å². The fourth-order valence-corrected chi connectivity index (χ4v) is 4.71. The summed E-state index contributed by atoms with van der Waals surface area (Å²) in [5.74, 6) is 0.350. The van der Waals surface area contributed by atoms with Gasteiger partial charge >= 0.3 is 0 Å². The number of hydrogen-bond acceptors (Lipinski definition) is 4. The first-order valence-corrected chi connectivity index (χ1v) is 9.69. The number of halogens is 1. The maximum absolute atomic E-state index is 13.6. The third kappa shape index (κ3) is 3.23. The number of likely N-dealkylation sites (tertiary alicyclic amines) is 1. The van der Waals surface area contributed by atoms with Crippen LogP contribution >= 0.6 is 11.8 Å². The molecule has 0 radical (unpaired) electrons. The largest absolute Gasteiger partial charge is 0.459 e. The normalized spacial score (nSPS) is 22.1. The molecular weight excluding hydrogens is 355 g/mol. The van der Waals surface area contributed by atoms with E-state index >= 15 is 0 Å². The van der Waals surface area contributed by atoms with E-state index in [4.69, 9.17) is 4.42 Å². The van der Waals surface area contributed by atoms with E-state index in [0.29, 0.717) is 13.0 Å². The van der Waals surface area contributed by atoms with Gasteiger partial charge in [-0.2, -0.15) is 0 Å². The van der Waals surface area contributed by atoms with Gasteiger partial charge in [-0.25, -0.2) is 4.39 Å². The Morgan fingerprint density at radius 1 is 1.27 bits per heavy atom. The molecule has 1 aromatic heterocycles. The predicted octanol–water partition coefficient (Wildman–Crippen LogP) is 3.38. The van der Waals surface area contributed by atoms with E-state index in [1.54, 1.807) is 34.9 Å². The van der Waals surface area contributed by atoms with Crippen LogP contribution < -0.4 is 5.32 Å². The molecule has 26 heavy (non-hydrogen) atoms. The quantitative estimate of drug-likeness (QED) is 0.895. The highest BCUT2D eigenvalue weighted by Crippen LogP contribution is 2.36. The summed E-state index contributed by atoms with van der Waals surface area (Å²) >= 11 is 1.67. The third-order valence-corrected chi connectivity index (χ3v) is 6.00. The molecule has 2 aliphatic rings. The molecule has 7 heteroatoms. The fourth-order valence-electron chi connectivity index (χ4n) is 3.61. The smallest absolute Gasteiger partial charge is 0.290 e. The number of furan rings is 1. The highest BCUT2D eigenvalue weighted by molar-refractivity contribution is 7.99. The summed E-state index contributed by atoms with van der Waals surface area (Å²) < 4.78 is 18.8. The minimum atomic E-state index is -0.515. The summed E-state index contributed by atoms with van der Waals surface area (Å²) in [4.78, 5) is 28.0. The number of thioether (sulfide) groups is 1. The Morgan fingerprint density at radius 2 is 2.15 bits per heavy atom. The molecular formula is C19H19FN2O3S. The lowest BCUT2D eigenvalue weighted by Gasteiger charge is -2.29. The lowest BCUT2D eigenvalue weighted by atomic mass is 10.0. The molecule has 1 fully saturated rings. The van der Waals surface area contributed by atoms with Crippen molar-refractivity contribution in [1.29, 1.82) is 0 Å². The van der Waals surface area contributed by atoms with Crippen LogP contribution in [0.1, 0.15) is 41.4 Å². The van der Waals surface area contributed by atoms with Crippen LogP contribution in [-0.2, 0) is 4.79 Å². The van der Waals surface area contributed by atoms with Crippen molar-refractivity contribution < 1.29 is 18.4 Å². The summed E-state index contributed by atoms with van der Waals surface area (Å²) in [5.41, 5.74) is 0.816. The SMILES string of the molecule is O=C(N[C@@H]1CCSc2ccc(F)cc21)[C@H]1CCCN1C(=O)c1ccco1. The average molecular weight is 374 g/mol. The van der Waals surface area contributed by atoms with Crippen molar-refractivity contribution >= 4 is 23.6 Å². The van der Waals surface area contributed by atoms with E-state index in [9.17, 15) is 14.0 Å². The second kappa shape index (κ2) is 7.15. The lowest BCUT2D eigenvalue weighted by Crippen LogP contribution is -2.47. The van der Waals surface area contributed by atoms with Crippen molar-refractivity contribution in [1.82, 2.24) is 10.2 Å². The molecule has 2 aromatic rings. The lowest BCUT2D eigenvalue weighted by molar-refractivity contribution is -0.125. The number of benzene rings is 1. The van der Waals surface area contributed by atoms with Gasteiger partial charge in [-0.3, -0.25) is 9.59 Å². The van der Waals surface area contributed by atoms with E-state index in [1.807, 2.05) is 0 Å². The van der Waals surface area contributed by atoms with Crippen molar-refractivity contribution in [3.8, 4) is 0 Å². The highest BCUT2D eigenvalue weighted by Gasteiger charge is 2.36. The third-order valence-electron chi connectivity index (χ3n) is 4.88. The number of carbonyl (C=O) groups is 2. The minimum Gasteiger partial charge on any atom is -0.459 e. The Balaban J connectivity index is 1.50. The first-order chi connectivity index (χ1) is 12.6. The summed E-state index contributed by atoms with van der Waals surface area (Å²) in [5, 5.41) is 3.03. The molecule has 0 aliphatic carbocycles. The van der Waals surface area contributed by atoms with Gasteiger partial charge in [0.05, 0.1) is 12.3 Å². The molecule has 0 spiro atoms. The van der Waals surface area contributed by atoms with Gasteiger partial charge in [0, 0.05) is 17.2 Å². The Hall–Kier alpha value is -2.28. The summed E-state index contributed by atoms with van der Waals surface area (Å²) in [6.07, 6.45) is 3.58. The van der Waals surface area contributed by atoms with Gasteiger partial charge in [0.2, 0.25) is 5.91 Å². The molecule has 0 saturated carbocycles. The maximum atomic E-state index is 13.6. The van der Waals surface area contributed by atoms with E-state index in [2.05, 4.69) is 5.32 Å². The fraction of sp³-hybridized carbons (Fsp3) is 0.368. The Labute approximate surface area is 154 Å². The topological polar surface area (TPSA) is 62.6 Å². The molecule has 1 N–H and O–H groups in total. The van der Waals surface area contributed by atoms with Gasteiger partial charge < -0.3 is 14.6 Å². The number of rotatable bonds is 3. The van der Waals surface area contributed by atoms with Crippen molar-refractivity contribution in [3.05, 3.63) is 53.7 Å². The molecule has 2 aliphatic heterocycles. The van der Waals surface area contributed by atoms with Gasteiger partial charge in [0.15, 0.2) is 5.76 Å². The van der Waals surface area contributed by atoms with Crippen LogP contribution in [0.3, 0.4) is 0 Å². The van der Waals surface area contributed by atoms with E-state index < -0.39 is 6.04 Å². The Kier molecular flexibility index (Phi) is 4.72. The number of hydrogen-bond donors (Lipinski definition) is 1. The zero-order valence-corrected chi connectivity index (χ0v) is 14.9. The molecule has 136 valence electrons. The standard InChI is InChI=1S/C19H19FN2O3S/c20-12-5-6-17-13(11-12)14(7-10-26-17)21-18(23)15-3-1-8-22(15)19(24)16-4-2-9-25-16/h2,4-6,9,11,14-15H,1,3,7-8,10H2,(H,21,23)/t14-,15-/m1/s1. The number of fused-ring (bicyclic) bond motifs is 1. The molecule has 3 heterocycles. The summed E-state index contributed by atoms with van der Waals surface area (Å²) in [7, 11) is 0. The maximum Gasteiger partial charge on any atom is 0.290 e. The Bertz CT molecular complexity index is 824. The first-order valence-electron chi connectivity index (χ1n) is 8.70. The molecule has 5 nitrogen and oxygen atoms in total. The number of amides is 2. The molecule has 2 amide bonds. The molecule has 4 rings (SSSR count). The number of nitrogens with one attached hydrogen (secondary N) is 1. The number of carbonyl (C=O) groups excluding carboxylic acids is 2. The van der Waals surface area contributed by atoms with Gasteiger partial charge in [0.1, 0.15) is 11.9 Å². The van der Waals surface area contributed by atoms with Crippen LogP contribution in [0.4, 0.5) is 4.39 Å². The molecule has 0 bridgehead atoms. The van der Waals surface area contributed by atoms with E-state index in [0.717, 1.165) is 29.1 Å². The van der Waals surface area contributed by atoms with Crippen molar-refractivity contribution in [2.75, 3.05) is 12.3 Å². The van der Waals surface area contributed by atoms with Crippen LogP contribution in [0.5, 0.6) is 0 Å². The Morgan fingerprint density at radius 3 is 2.96 bits per heavy atom. The van der Waals surface area contributed by atoms with Gasteiger partial charge in [-0.1, -0.05) is 0 Å².